The molecule has 2 rings (SSSR count). The zero-order chi connectivity index (χ0) is 15.5. The molecule has 0 aliphatic heterocycles. The standard InChI is InChI=1S/C14H11O6S.Na/c1-19-11-7-8-12(13(9-11)20-21(16,17)18)14(15)10-5-3-2-4-6-10;/h2-6,8-9H,1H3,(H,16,17,18);/q-1;+1. The Balaban J connectivity index is 0.00000242. The molecule has 0 aliphatic rings. The van der Waals surface area contributed by atoms with E-state index in [9.17, 15) is 13.2 Å². The monoisotopic (exact) mass is 330 g/mol. The van der Waals surface area contributed by atoms with Gasteiger partial charge in [0.2, 0.25) is 0 Å². The van der Waals surface area contributed by atoms with Gasteiger partial charge in [-0.25, -0.2) is 0 Å². The molecule has 0 aliphatic carbocycles. The molecule has 0 aromatic heterocycles. The maximum Gasteiger partial charge on any atom is 1.00 e. The first-order valence-electron chi connectivity index (χ1n) is 5.77. The summed E-state index contributed by atoms with van der Waals surface area (Å²) in [6.07, 6.45) is 0. The van der Waals surface area contributed by atoms with Gasteiger partial charge in [0.15, 0.2) is 0 Å². The van der Waals surface area contributed by atoms with Crippen molar-refractivity contribution in [2.24, 2.45) is 0 Å². The number of hydrogen-bond acceptors (Lipinski definition) is 5. The molecular formula is C14H11NaO6S. The zero-order valence-corrected chi connectivity index (χ0v) is 14.8. The zero-order valence-electron chi connectivity index (χ0n) is 11.9. The van der Waals surface area contributed by atoms with E-state index >= 15 is 0 Å². The van der Waals surface area contributed by atoms with Crippen LogP contribution in [0.2, 0.25) is 0 Å². The first kappa shape index (κ1) is 18.7. The van der Waals surface area contributed by atoms with Crippen molar-refractivity contribution in [3.8, 4) is 11.5 Å². The Hall–Kier alpha value is -1.38. The van der Waals surface area contributed by atoms with Crippen LogP contribution in [0.3, 0.4) is 0 Å². The first-order valence-corrected chi connectivity index (χ1v) is 7.13. The molecule has 8 heteroatoms. The Labute approximate surface area is 150 Å². The summed E-state index contributed by atoms with van der Waals surface area (Å²) in [6.45, 7) is 0. The molecule has 0 bridgehead atoms. The molecule has 0 spiro atoms. The molecule has 1 N–H and O–H groups in total. The second-order valence-electron chi connectivity index (χ2n) is 3.99. The van der Waals surface area contributed by atoms with Gasteiger partial charge >= 0.3 is 40.0 Å². The Kier molecular flexibility index (Phi) is 6.58. The Morgan fingerprint density at radius 1 is 1.23 bits per heavy atom. The topological polar surface area (TPSA) is 89.9 Å². The van der Waals surface area contributed by atoms with E-state index in [2.05, 4.69) is 10.2 Å². The molecule has 6 nitrogen and oxygen atoms in total. The van der Waals surface area contributed by atoms with Gasteiger partial charge in [-0.2, -0.15) is 14.5 Å². The van der Waals surface area contributed by atoms with Crippen molar-refractivity contribution < 1.29 is 56.2 Å². The Morgan fingerprint density at radius 3 is 2.41 bits per heavy atom. The second kappa shape index (κ2) is 7.75. The third kappa shape index (κ3) is 4.82. The van der Waals surface area contributed by atoms with Gasteiger partial charge in [0.1, 0.15) is 5.78 Å². The number of carbonyl (C=O) groups excluding carboxylic acids is 1. The molecule has 0 unspecified atom stereocenters. The first-order chi connectivity index (χ1) is 9.90. The molecule has 0 saturated heterocycles. The normalized spacial score (nSPS) is 10.5. The summed E-state index contributed by atoms with van der Waals surface area (Å²) >= 11 is 0. The van der Waals surface area contributed by atoms with Crippen LogP contribution in [-0.4, -0.2) is 25.9 Å². The maximum absolute atomic E-state index is 12.3. The van der Waals surface area contributed by atoms with Crippen molar-refractivity contribution in [3.63, 3.8) is 0 Å². The van der Waals surface area contributed by atoms with Crippen molar-refractivity contribution in [3.05, 3.63) is 59.7 Å². The van der Waals surface area contributed by atoms with Crippen molar-refractivity contribution in [2.45, 2.75) is 0 Å². The number of rotatable bonds is 5. The molecule has 0 atom stereocenters. The predicted octanol–water partition coefficient (Wildman–Crippen LogP) is -1.09. The average Bonchev–Trinajstić information content (AvgIpc) is 2.45. The third-order valence-corrected chi connectivity index (χ3v) is 2.97. The van der Waals surface area contributed by atoms with E-state index in [1.54, 1.807) is 30.3 Å². The number of methoxy groups -OCH3 is 1. The summed E-state index contributed by atoms with van der Waals surface area (Å²) in [5.74, 6) is -0.631. The van der Waals surface area contributed by atoms with Crippen LogP contribution in [0, 0.1) is 6.07 Å². The van der Waals surface area contributed by atoms with Crippen LogP contribution in [0.15, 0.2) is 42.5 Å². The predicted molar refractivity (Wildman–Crippen MR) is 73.9 cm³/mol. The van der Waals surface area contributed by atoms with E-state index in [-0.39, 0.29) is 46.6 Å². The minimum Gasteiger partial charge on any atom is -0.522 e. The van der Waals surface area contributed by atoms with Crippen molar-refractivity contribution in [2.75, 3.05) is 7.11 Å². The van der Waals surface area contributed by atoms with E-state index in [1.807, 2.05) is 0 Å². The largest absolute Gasteiger partial charge is 1.00 e. The van der Waals surface area contributed by atoms with Crippen molar-refractivity contribution >= 4 is 16.2 Å². The Morgan fingerprint density at radius 2 is 1.86 bits per heavy atom. The fourth-order valence-electron chi connectivity index (χ4n) is 1.68. The fourth-order valence-corrected chi connectivity index (χ4v) is 2.04. The molecule has 22 heavy (non-hydrogen) atoms. The molecule has 2 aromatic carbocycles. The average molecular weight is 330 g/mol. The van der Waals surface area contributed by atoms with E-state index in [0.29, 0.717) is 5.56 Å². The van der Waals surface area contributed by atoms with Crippen LogP contribution in [0.25, 0.3) is 0 Å². The number of carbonyl (C=O) groups is 1. The number of ketones is 1. The number of hydrogen-bond donors (Lipinski definition) is 1. The van der Waals surface area contributed by atoms with E-state index in [0.717, 1.165) is 6.07 Å². The third-order valence-electron chi connectivity index (χ3n) is 2.58. The van der Waals surface area contributed by atoms with Crippen molar-refractivity contribution in [1.29, 1.82) is 0 Å². The van der Waals surface area contributed by atoms with Gasteiger partial charge in [-0.15, -0.1) is 6.07 Å². The van der Waals surface area contributed by atoms with E-state index < -0.39 is 16.2 Å². The number of ether oxygens (including phenoxy) is 1. The van der Waals surface area contributed by atoms with Crippen LogP contribution >= 0.6 is 0 Å². The van der Waals surface area contributed by atoms with Crippen LogP contribution in [0.5, 0.6) is 11.5 Å². The molecule has 0 fully saturated rings. The van der Waals surface area contributed by atoms with Crippen LogP contribution < -0.4 is 38.5 Å². The van der Waals surface area contributed by atoms with Gasteiger partial charge in [0.25, 0.3) is 0 Å². The summed E-state index contributed by atoms with van der Waals surface area (Å²) < 4.78 is 39.9. The van der Waals surface area contributed by atoms with Gasteiger partial charge in [-0.1, -0.05) is 36.4 Å². The molecule has 0 saturated carbocycles. The van der Waals surface area contributed by atoms with Crippen LogP contribution in [-0.2, 0) is 10.4 Å². The molecule has 110 valence electrons. The summed E-state index contributed by atoms with van der Waals surface area (Å²) in [6, 6.07) is 13.3. The van der Waals surface area contributed by atoms with Crippen LogP contribution in [0.4, 0.5) is 0 Å². The van der Waals surface area contributed by atoms with Gasteiger partial charge < -0.3 is 13.7 Å². The molecular weight excluding hydrogens is 319 g/mol. The van der Waals surface area contributed by atoms with E-state index in [4.69, 9.17) is 9.29 Å². The smallest absolute Gasteiger partial charge is 0.522 e. The summed E-state index contributed by atoms with van der Waals surface area (Å²) in [7, 11) is -3.41. The van der Waals surface area contributed by atoms with Crippen LogP contribution in [0.1, 0.15) is 15.9 Å². The Bertz CT molecular complexity index is 758. The summed E-state index contributed by atoms with van der Waals surface area (Å²) in [5, 5.41) is 0. The summed E-state index contributed by atoms with van der Waals surface area (Å²) in [5.41, 5.74) is 0.288. The van der Waals surface area contributed by atoms with Gasteiger partial charge in [0, 0.05) is 11.3 Å². The number of benzene rings is 2. The molecule has 0 amide bonds. The van der Waals surface area contributed by atoms with Gasteiger partial charge in [-0.05, 0) is 5.56 Å². The molecule has 2 aromatic rings. The quantitative estimate of drug-likeness (QED) is 0.324. The minimum absolute atomic E-state index is 0. The second-order valence-corrected chi connectivity index (χ2v) is 5.01. The maximum atomic E-state index is 12.3. The van der Waals surface area contributed by atoms with Crippen molar-refractivity contribution in [1.82, 2.24) is 0 Å². The molecule has 0 heterocycles. The van der Waals surface area contributed by atoms with E-state index in [1.165, 1.54) is 13.2 Å². The van der Waals surface area contributed by atoms with Gasteiger partial charge in [-0.3, -0.25) is 4.55 Å². The minimum atomic E-state index is -4.76. The fraction of sp³-hybridized carbons (Fsp3) is 0.0714. The molecule has 0 radical (unpaired) electrons. The summed E-state index contributed by atoms with van der Waals surface area (Å²) in [4.78, 5) is 12.3. The van der Waals surface area contributed by atoms with Gasteiger partial charge in [0.05, 0.1) is 12.9 Å². The SMILES string of the molecule is COc1[c-]cc(C(=O)c2ccccc2)c(OS(=O)(=O)O)c1.[Na+].